The molecule has 1 heterocycles. The highest BCUT2D eigenvalue weighted by atomic mass is 32.2. The minimum absolute atomic E-state index is 0.257. The second-order valence-corrected chi connectivity index (χ2v) is 5.52. The van der Waals surface area contributed by atoms with Crippen LogP contribution in [0.4, 0.5) is 11.4 Å². The van der Waals surface area contributed by atoms with E-state index in [-0.39, 0.29) is 5.03 Å². The molecule has 0 saturated heterocycles. The van der Waals surface area contributed by atoms with E-state index in [1.807, 2.05) is 4.72 Å². The van der Waals surface area contributed by atoms with Crippen molar-refractivity contribution in [2.75, 3.05) is 4.72 Å². The van der Waals surface area contributed by atoms with E-state index in [1.165, 1.54) is 6.07 Å². The number of nitro benzene ring substituents is 1. The zero-order valence-corrected chi connectivity index (χ0v) is 11.0. The summed E-state index contributed by atoms with van der Waals surface area (Å²) in [5.74, 6) is -0.170. The zero-order chi connectivity index (χ0) is 14.9. The van der Waals surface area contributed by atoms with Crippen LogP contribution >= 0.6 is 0 Å². The minimum atomic E-state index is -4.10. The number of hydrogen-bond donors (Lipinski definition) is 3. The van der Waals surface area contributed by atoms with Gasteiger partial charge in [-0.1, -0.05) is 6.07 Å². The second kappa shape index (κ2) is 4.81. The number of hydrogen-bond acceptors (Lipinski definition) is 6. The molecule has 2 rings (SSSR count). The number of H-pyrrole nitrogens is 1. The maximum atomic E-state index is 12.0. The molecule has 2 aromatic rings. The number of phenols is 1. The van der Waals surface area contributed by atoms with E-state index in [0.717, 1.165) is 18.3 Å². The van der Waals surface area contributed by atoms with Gasteiger partial charge >= 0.3 is 0 Å². The van der Waals surface area contributed by atoms with Crippen molar-refractivity contribution < 1.29 is 18.4 Å². The normalized spacial score (nSPS) is 11.2. The highest BCUT2D eigenvalue weighted by molar-refractivity contribution is 7.92. The predicted molar refractivity (Wildman–Crippen MR) is 68.9 cm³/mol. The molecular formula is C10H10N4O5S. The second-order valence-electron chi connectivity index (χ2n) is 3.87. The average molecular weight is 298 g/mol. The first-order valence-corrected chi connectivity index (χ1v) is 6.80. The predicted octanol–water partition coefficient (Wildman–Crippen LogP) is 1.13. The lowest BCUT2D eigenvalue weighted by molar-refractivity contribution is -0.383. The van der Waals surface area contributed by atoms with Gasteiger partial charge in [0, 0.05) is 6.07 Å². The number of nitrogens with zero attached hydrogens (tertiary/aromatic N) is 2. The Labute approximate surface area is 113 Å². The number of sulfonamides is 1. The van der Waals surface area contributed by atoms with Gasteiger partial charge in [0.15, 0.2) is 10.7 Å². The Bertz CT molecular complexity index is 768. The molecule has 0 amide bonds. The summed E-state index contributed by atoms with van der Waals surface area (Å²) in [6, 6.07) is 3.46. The van der Waals surface area contributed by atoms with Gasteiger partial charge in [-0.15, -0.1) is 0 Å². The van der Waals surface area contributed by atoms with Crippen molar-refractivity contribution in [2.45, 2.75) is 11.9 Å². The number of aromatic hydroxyl groups is 1. The van der Waals surface area contributed by atoms with E-state index in [1.54, 1.807) is 6.92 Å². The summed E-state index contributed by atoms with van der Waals surface area (Å²) >= 11 is 0. The molecule has 0 aliphatic heterocycles. The Kier molecular flexibility index (Phi) is 3.32. The van der Waals surface area contributed by atoms with E-state index in [2.05, 4.69) is 9.97 Å². The number of nitro groups is 1. The van der Waals surface area contributed by atoms with Gasteiger partial charge in [-0.3, -0.25) is 14.8 Å². The highest BCUT2D eigenvalue weighted by Crippen LogP contribution is 2.34. The molecule has 0 atom stereocenters. The molecule has 0 unspecified atom stereocenters. The third-order valence-corrected chi connectivity index (χ3v) is 3.68. The minimum Gasteiger partial charge on any atom is -0.505 e. The molecule has 0 saturated carbocycles. The summed E-state index contributed by atoms with van der Waals surface area (Å²) in [5, 5.41) is 20.2. The SMILES string of the molecule is Cc1ncc(S(=O)(=O)Nc2c(O)cccc2[N+](=O)[O-])[nH]1. The Morgan fingerprint density at radius 2 is 2.15 bits per heavy atom. The van der Waals surface area contributed by atoms with Gasteiger partial charge in [-0.05, 0) is 13.0 Å². The average Bonchev–Trinajstić information content (AvgIpc) is 2.79. The molecule has 1 aromatic carbocycles. The van der Waals surface area contributed by atoms with Crippen molar-refractivity contribution in [1.29, 1.82) is 0 Å². The quantitative estimate of drug-likeness (QED) is 0.439. The fraction of sp³-hybridized carbons (Fsp3) is 0.100. The van der Waals surface area contributed by atoms with Crippen molar-refractivity contribution in [2.24, 2.45) is 0 Å². The van der Waals surface area contributed by atoms with Crippen molar-refractivity contribution in [3.8, 4) is 5.75 Å². The fourth-order valence-electron chi connectivity index (χ4n) is 1.51. The molecule has 0 radical (unpaired) electrons. The van der Waals surface area contributed by atoms with Gasteiger partial charge in [-0.25, -0.2) is 4.98 Å². The molecule has 106 valence electrons. The number of anilines is 1. The molecule has 1 aromatic heterocycles. The van der Waals surface area contributed by atoms with Gasteiger partial charge in [-0.2, -0.15) is 8.42 Å². The van der Waals surface area contributed by atoms with Gasteiger partial charge in [0.2, 0.25) is 0 Å². The van der Waals surface area contributed by atoms with E-state index >= 15 is 0 Å². The van der Waals surface area contributed by atoms with Gasteiger partial charge in [0.05, 0.1) is 11.1 Å². The lowest BCUT2D eigenvalue weighted by atomic mass is 10.2. The summed E-state index contributed by atoms with van der Waals surface area (Å²) in [6.07, 6.45) is 1.07. The Morgan fingerprint density at radius 1 is 1.45 bits per heavy atom. The molecule has 10 heteroatoms. The molecule has 0 aliphatic carbocycles. The van der Waals surface area contributed by atoms with Gasteiger partial charge in [0.1, 0.15) is 11.6 Å². The number of rotatable bonds is 4. The van der Waals surface area contributed by atoms with Crippen LogP contribution in [0.5, 0.6) is 5.75 Å². The first-order valence-electron chi connectivity index (χ1n) is 5.32. The summed E-state index contributed by atoms with van der Waals surface area (Å²) in [6.45, 7) is 1.56. The van der Waals surface area contributed by atoms with Crippen molar-refractivity contribution in [3.05, 3.63) is 40.3 Å². The summed E-state index contributed by atoms with van der Waals surface area (Å²) in [4.78, 5) is 16.3. The highest BCUT2D eigenvalue weighted by Gasteiger charge is 2.24. The molecular weight excluding hydrogens is 288 g/mol. The largest absolute Gasteiger partial charge is 0.505 e. The smallest absolute Gasteiger partial charge is 0.297 e. The van der Waals surface area contributed by atoms with Crippen LogP contribution in [-0.2, 0) is 10.0 Å². The lowest BCUT2D eigenvalue weighted by Crippen LogP contribution is -2.14. The summed E-state index contributed by atoms with van der Waals surface area (Å²) in [7, 11) is -4.10. The lowest BCUT2D eigenvalue weighted by Gasteiger charge is -2.08. The van der Waals surface area contributed by atoms with Crippen LogP contribution in [-0.4, -0.2) is 28.4 Å². The number of phenolic OH excluding ortho intramolecular Hbond substituents is 1. The van der Waals surface area contributed by atoms with E-state index < -0.39 is 32.1 Å². The summed E-state index contributed by atoms with van der Waals surface area (Å²) in [5.41, 5.74) is -1.05. The summed E-state index contributed by atoms with van der Waals surface area (Å²) < 4.78 is 26.0. The van der Waals surface area contributed by atoms with Crippen LogP contribution in [0.1, 0.15) is 5.82 Å². The number of aromatic amines is 1. The molecule has 9 nitrogen and oxygen atoms in total. The zero-order valence-electron chi connectivity index (χ0n) is 10.2. The first kappa shape index (κ1) is 13.8. The monoisotopic (exact) mass is 298 g/mol. The maximum Gasteiger partial charge on any atom is 0.297 e. The van der Waals surface area contributed by atoms with Gasteiger partial charge < -0.3 is 10.1 Å². The van der Waals surface area contributed by atoms with Crippen molar-refractivity contribution >= 4 is 21.4 Å². The standard InChI is InChI=1S/C10H10N4O5S/c1-6-11-5-9(12-6)20(18,19)13-10-7(14(16)17)3-2-4-8(10)15/h2-5,13,15H,1H3,(H,11,12). The van der Waals surface area contributed by atoms with Crippen LogP contribution < -0.4 is 4.72 Å². The molecule has 0 aliphatic rings. The van der Waals surface area contributed by atoms with Crippen LogP contribution in [0.3, 0.4) is 0 Å². The molecule has 0 spiro atoms. The fourth-order valence-corrected chi connectivity index (χ4v) is 2.57. The van der Waals surface area contributed by atoms with Crippen molar-refractivity contribution in [3.63, 3.8) is 0 Å². The first-order chi connectivity index (χ1) is 9.31. The molecule has 3 N–H and O–H groups in total. The molecule has 0 fully saturated rings. The number of aromatic nitrogens is 2. The molecule has 20 heavy (non-hydrogen) atoms. The van der Waals surface area contributed by atoms with E-state index in [0.29, 0.717) is 5.82 Å². The van der Waals surface area contributed by atoms with Crippen LogP contribution in [0, 0.1) is 17.0 Å². The number of benzene rings is 1. The van der Waals surface area contributed by atoms with E-state index in [4.69, 9.17) is 0 Å². The van der Waals surface area contributed by atoms with Crippen LogP contribution in [0.15, 0.2) is 29.4 Å². The number of para-hydroxylation sites is 1. The Balaban J connectivity index is 2.47. The van der Waals surface area contributed by atoms with Crippen molar-refractivity contribution in [1.82, 2.24) is 9.97 Å². The van der Waals surface area contributed by atoms with Gasteiger partial charge in [0.25, 0.3) is 15.7 Å². The van der Waals surface area contributed by atoms with Crippen LogP contribution in [0.2, 0.25) is 0 Å². The topological polar surface area (TPSA) is 138 Å². The molecule has 0 bridgehead atoms. The number of nitrogens with one attached hydrogen (secondary N) is 2. The third kappa shape index (κ3) is 2.54. The number of imidazole rings is 1. The van der Waals surface area contributed by atoms with Crippen LogP contribution in [0.25, 0.3) is 0 Å². The van der Waals surface area contributed by atoms with E-state index in [9.17, 15) is 23.6 Å². The number of aryl methyl sites for hydroxylation is 1. The Morgan fingerprint density at radius 3 is 2.70 bits per heavy atom. The Hall–Kier alpha value is -2.62. The third-order valence-electron chi connectivity index (χ3n) is 2.42. The maximum absolute atomic E-state index is 12.0.